The molecule has 1 aliphatic rings. The van der Waals surface area contributed by atoms with Crippen molar-refractivity contribution in [3.05, 3.63) is 35.6 Å². The van der Waals surface area contributed by atoms with Crippen molar-refractivity contribution >= 4 is 5.91 Å². The largest absolute Gasteiger partial charge is 0.392 e. The molecule has 1 saturated heterocycles. The normalized spacial score (nSPS) is 22.0. The Morgan fingerprint density at radius 2 is 2.36 bits per heavy atom. The number of aliphatic hydroxyl groups is 1. The molecule has 122 valence electrons. The average Bonchev–Trinajstić information content (AvgIpc) is 2.84. The molecule has 1 aliphatic heterocycles. The molecule has 0 aromatic heterocycles. The van der Waals surface area contributed by atoms with Crippen LogP contribution in [0, 0.1) is 5.82 Å². The van der Waals surface area contributed by atoms with Gasteiger partial charge in [-0.2, -0.15) is 0 Å². The Labute approximate surface area is 130 Å². The maximum Gasteiger partial charge on any atom is 0.234 e. The van der Waals surface area contributed by atoms with Crippen LogP contribution in [0.3, 0.4) is 0 Å². The zero-order chi connectivity index (χ0) is 15.9. The van der Waals surface area contributed by atoms with Crippen LogP contribution in [0.25, 0.3) is 0 Å². The number of amides is 1. The van der Waals surface area contributed by atoms with Crippen LogP contribution >= 0.6 is 0 Å². The number of carbonyl (C=O) groups is 1. The molecule has 1 heterocycles. The van der Waals surface area contributed by atoms with E-state index in [1.165, 1.54) is 12.1 Å². The molecule has 2 N–H and O–H groups in total. The first-order valence-electron chi connectivity index (χ1n) is 7.62. The molecule has 2 rings (SSSR count). The zero-order valence-electron chi connectivity index (χ0n) is 12.8. The lowest BCUT2D eigenvalue weighted by atomic mass is 10.0. The van der Waals surface area contributed by atoms with Crippen molar-refractivity contribution in [3.8, 4) is 0 Å². The number of ether oxygens (including phenoxy) is 1. The van der Waals surface area contributed by atoms with E-state index in [0.29, 0.717) is 32.7 Å². The molecule has 6 heteroatoms. The zero-order valence-corrected chi connectivity index (χ0v) is 12.8. The maximum atomic E-state index is 13.4. The van der Waals surface area contributed by atoms with Crippen molar-refractivity contribution in [1.29, 1.82) is 0 Å². The van der Waals surface area contributed by atoms with E-state index >= 15 is 0 Å². The van der Waals surface area contributed by atoms with Gasteiger partial charge >= 0.3 is 0 Å². The van der Waals surface area contributed by atoms with Gasteiger partial charge in [-0.05, 0) is 31.0 Å². The summed E-state index contributed by atoms with van der Waals surface area (Å²) in [5, 5.41) is 12.7. The van der Waals surface area contributed by atoms with Gasteiger partial charge in [0.05, 0.1) is 19.3 Å². The third-order valence-electron chi connectivity index (χ3n) is 3.73. The van der Waals surface area contributed by atoms with E-state index in [-0.39, 0.29) is 24.3 Å². The highest BCUT2D eigenvalue weighted by Crippen LogP contribution is 2.31. The molecular weight excluding hydrogens is 287 g/mol. The minimum Gasteiger partial charge on any atom is -0.392 e. The fraction of sp³-hybridized carbons (Fsp3) is 0.562. The Hall–Kier alpha value is -1.50. The Morgan fingerprint density at radius 3 is 3.09 bits per heavy atom. The molecule has 0 unspecified atom stereocenters. The minimum atomic E-state index is -0.496. The first kappa shape index (κ1) is 16.9. The second-order valence-corrected chi connectivity index (χ2v) is 5.44. The van der Waals surface area contributed by atoms with Gasteiger partial charge < -0.3 is 15.2 Å². The number of β-amino-alcohol motifs (C(OH)–C–C–N with tert-alkyl or cyclic N) is 1. The molecule has 1 fully saturated rings. The number of nitrogens with zero attached hydrogens (tertiary/aromatic N) is 1. The number of aliphatic hydroxyl groups excluding tert-OH is 1. The Morgan fingerprint density at radius 1 is 1.55 bits per heavy atom. The molecule has 0 radical (unpaired) electrons. The average molecular weight is 310 g/mol. The molecule has 1 aromatic carbocycles. The number of carbonyl (C=O) groups excluding carboxylic acids is 1. The quantitative estimate of drug-likeness (QED) is 0.740. The highest BCUT2D eigenvalue weighted by atomic mass is 19.1. The van der Waals surface area contributed by atoms with Crippen LogP contribution in [0.4, 0.5) is 4.39 Å². The van der Waals surface area contributed by atoms with Gasteiger partial charge in [0.15, 0.2) is 0 Å². The number of rotatable bonds is 7. The van der Waals surface area contributed by atoms with Crippen LogP contribution in [0.5, 0.6) is 0 Å². The molecule has 0 saturated carbocycles. The van der Waals surface area contributed by atoms with Crippen molar-refractivity contribution in [2.24, 2.45) is 0 Å². The second-order valence-electron chi connectivity index (χ2n) is 5.44. The highest BCUT2D eigenvalue weighted by Gasteiger charge is 2.33. The Bertz CT molecular complexity index is 498. The van der Waals surface area contributed by atoms with E-state index in [9.17, 15) is 14.3 Å². The summed E-state index contributed by atoms with van der Waals surface area (Å²) in [5.74, 6) is -0.421. The van der Waals surface area contributed by atoms with Gasteiger partial charge in [0, 0.05) is 25.7 Å². The number of halogens is 1. The SMILES string of the molecule is CCOCCNC(=O)CN1C[C@@H](O)C[C@H]1c1cccc(F)c1. The fourth-order valence-electron chi connectivity index (χ4n) is 2.76. The van der Waals surface area contributed by atoms with Crippen molar-refractivity contribution in [2.45, 2.75) is 25.5 Å². The molecule has 22 heavy (non-hydrogen) atoms. The topological polar surface area (TPSA) is 61.8 Å². The maximum absolute atomic E-state index is 13.4. The summed E-state index contributed by atoms with van der Waals surface area (Å²) in [6.45, 7) is 4.07. The second kappa shape index (κ2) is 8.22. The third-order valence-corrected chi connectivity index (χ3v) is 3.73. The summed E-state index contributed by atoms with van der Waals surface area (Å²) in [6.07, 6.45) is 0.0138. The molecular formula is C16H23FN2O3. The summed E-state index contributed by atoms with van der Waals surface area (Å²) in [5.41, 5.74) is 0.790. The van der Waals surface area contributed by atoms with E-state index in [2.05, 4.69) is 5.32 Å². The molecule has 1 amide bonds. The van der Waals surface area contributed by atoms with Gasteiger partial charge in [-0.1, -0.05) is 12.1 Å². The smallest absolute Gasteiger partial charge is 0.234 e. The minimum absolute atomic E-state index is 0.116. The number of hydrogen-bond acceptors (Lipinski definition) is 4. The Kier molecular flexibility index (Phi) is 6.30. The molecule has 0 spiro atoms. The van der Waals surface area contributed by atoms with Gasteiger partial charge in [0.25, 0.3) is 0 Å². The fourth-order valence-corrected chi connectivity index (χ4v) is 2.76. The van der Waals surface area contributed by atoms with Gasteiger partial charge in [-0.15, -0.1) is 0 Å². The van der Waals surface area contributed by atoms with Crippen LogP contribution in [0.15, 0.2) is 24.3 Å². The summed E-state index contributed by atoms with van der Waals surface area (Å²) < 4.78 is 18.5. The van der Waals surface area contributed by atoms with Crippen LogP contribution < -0.4 is 5.32 Å². The number of likely N-dealkylation sites (tertiary alicyclic amines) is 1. The Balaban J connectivity index is 1.92. The van der Waals surface area contributed by atoms with E-state index in [0.717, 1.165) is 5.56 Å². The summed E-state index contributed by atoms with van der Waals surface area (Å²) in [7, 11) is 0. The number of benzene rings is 1. The molecule has 1 aromatic rings. The van der Waals surface area contributed by atoms with Crippen molar-refractivity contribution in [1.82, 2.24) is 10.2 Å². The van der Waals surface area contributed by atoms with Crippen molar-refractivity contribution in [2.75, 3.05) is 32.8 Å². The van der Waals surface area contributed by atoms with E-state index < -0.39 is 6.10 Å². The predicted molar refractivity (Wildman–Crippen MR) is 80.8 cm³/mol. The van der Waals surface area contributed by atoms with E-state index in [1.807, 2.05) is 17.9 Å². The van der Waals surface area contributed by atoms with Crippen LogP contribution in [0.2, 0.25) is 0 Å². The number of nitrogens with one attached hydrogen (secondary N) is 1. The van der Waals surface area contributed by atoms with Gasteiger partial charge in [-0.25, -0.2) is 4.39 Å². The van der Waals surface area contributed by atoms with Gasteiger partial charge in [-0.3, -0.25) is 9.69 Å². The van der Waals surface area contributed by atoms with Gasteiger partial charge in [0.2, 0.25) is 5.91 Å². The van der Waals surface area contributed by atoms with E-state index in [4.69, 9.17) is 4.74 Å². The standard InChI is InChI=1S/C16H23FN2O3/c1-2-22-7-6-18-16(21)11-19-10-14(20)9-15(19)12-4-3-5-13(17)8-12/h3-5,8,14-15,20H,2,6-7,9-11H2,1H3,(H,18,21)/t14-,15-/m0/s1. The summed E-state index contributed by atoms with van der Waals surface area (Å²) >= 11 is 0. The monoisotopic (exact) mass is 310 g/mol. The molecule has 5 nitrogen and oxygen atoms in total. The van der Waals surface area contributed by atoms with Crippen molar-refractivity contribution < 1.29 is 19.0 Å². The van der Waals surface area contributed by atoms with Gasteiger partial charge in [0.1, 0.15) is 5.82 Å². The highest BCUT2D eigenvalue weighted by molar-refractivity contribution is 5.78. The van der Waals surface area contributed by atoms with Crippen molar-refractivity contribution in [3.63, 3.8) is 0 Å². The summed E-state index contributed by atoms with van der Waals surface area (Å²) in [4.78, 5) is 13.8. The number of hydrogen-bond donors (Lipinski definition) is 2. The first-order valence-corrected chi connectivity index (χ1v) is 7.62. The lowest BCUT2D eigenvalue weighted by Crippen LogP contribution is -2.38. The van der Waals surface area contributed by atoms with E-state index in [1.54, 1.807) is 6.07 Å². The lowest BCUT2D eigenvalue weighted by molar-refractivity contribution is -0.122. The molecule has 2 atom stereocenters. The van der Waals surface area contributed by atoms with Crippen LogP contribution in [-0.4, -0.2) is 54.9 Å². The lowest BCUT2D eigenvalue weighted by Gasteiger charge is -2.23. The van der Waals surface area contributed by atoms with Crippen LogP contribution in [-0.2, 0) is 9.53 Å². The first-order chi connectivity index (χ1) is 10.6. The predicted octanol–water partition coefficient (Wildman–Crippen LogP) is 1.09. The third kappa shape index (κ3) is 4.76. The summed E-state index contributed by atoms with van der Waals surface area (Å²) in [6, 6.07) is 6.19. The van der Waals surface area contributed by atoms with Crippen LogP contribution in [0.1, 0.15) is 24.9 Å². The molecule has 0 bridgehead atoms. The molecule has 0 aliphatic carbocycles.